The van der Waals surface area contributed by atoms with Crippen molar-refractivity contribution in [2.75, 3.05) is 25.0 Å². The first-order valence-corrected chi connectivity index (χ1v) is 6.76. The SMILES string of the molecule is Cc1cc(C)c(NCCC2CCNC2)c(Cl)c1. The van der Waals surface area contributed by atoms with E-state index >= 15 is 0 Å². The normalized spacial score (nSPS) is 19.6. The molecule has 0 bridgehead atoms. The highest BCUT2D eigenvalue weighted by Gasteiger charge is 2.14. The quantitative estimate of drug-likeness (QED) is 0.859. The van der Waals surface area contributed by atoms with E-state index < -0.39 is 0 Å². The zero-order valence-corrected chi connectivity index (χ0v) is 11.4. The second-order valence-electron chi connectivity index (χ2n) is 5.01. The van der Waals surface area contributed by atoms with E-state index in [0.29, 0.717) is 0 Å². The van der Waals surface area contributed by atoms with E-state index in [1.165, 1.54) is 37.1 Å². The van der Waals surface area contributed by atoms with Crippen LogP contribution in [0.4, 0.5) is 5.69 Å². The number of hydrogen-bond donors (Lipinski definition) is 2. The molecule has 1 unspecified atom stereocenters. The van der Waals surface area contributed by atoms with Gasteiger partial charge in [-0.1, -0.05) is 17.7 Å². The predicted octanol–water partition coefficient (Wildman–Crippen LogP) is 3.37. The number of aryl methyl sites for hydroxylation is 2. The topological polar surface area (TPSA) is 24.1 Å². The Morgan fingerprint density at radius 3 is 2.88 bits per heavy atom. The molecule has 1 saturated heterocycles. The molecular formula is C14H21ClN2. The molecule has 1 atom stereocenters. The number of halogens is 1. The molecule has 0 amide bonds. The van der Waals surface area contributed by atoms with Crippen LogP contribution >= 0.6 is 11.6 Å². The maximum atomic E-state index is 6.26. The Bertz CT molecular complexity index is 361. The molecular weight excluding hydrogens is 232 g/mol. The second-order valence-corrected chi connectivity index (χ2v) is 5.42. The molecule has 94 valence electrons. The molecule has 0 radical (unpaired) electrons. The van der Waals surface area contributed by atoms with Gasteiger partial charge in [0.25, 0.3) is 0 Å². The van der Waals surface area contributed by atoms with Gasteiger partial charge in [-0.2, -0.15) is 0 Å². The lowest BCUT2D eigenvalue weighted by Gasteiger charge is -2.14. The van der Waals surface area contributed by atoms with Crippen molar-refractivity contribution < 1.29 is 0 Å². The average molecular weight is 253 g/mol. The van der Waals surface area contributed by atoms with Crippen molar-refractivity contribution in [2.45, 2.75) is 26.7 Å². The monoisotopic (exact) mass is 252 g/mol. The van der Waals surface area contributed by atoms with Crippen LogP contribution in [0.5, 0.6) is 0 Å². The van der Waals surface area contributed by atoms with Crippen molar-refractivity contribution in [1.82, 2.24) is 5.32 Å². The fourth-order valence-electron chi connectivity index (χ4n) is 2.50. The summed E-state index contributed by atoms with van der Waals surface area (Å²) >= 11 is 6.26. The molecule has 2 rings (SSSR count). The van der Waals surface area contributed by atoms with E-state index in [1.54, 1.807) is 0 Å². The van der Waals surface area contributed by atoms with Gasteiger partial charge >= 0.3 is 0 Å². The summed E-state index contributed by atoms with van der Waals surface area (Å²) < 4.78 is 0. The number of nitrogens with one attached hydrogen (secondary N) is 2. The lowest BCUT2D eigenvalue weighted by atomic mass is 10.0. The van der Waals surface area contributed by atoms with Crippen molar-refractivity contribution in [1.29, 1.82) is 0 Å². The first-order valence-electron chi connectivity index (χ1n) is 6.38. The predicted molar refractivity (Wildman–Crippen MR) is 75.0 cm³/mol. The van der Waals surface area contributed by atoms with Gasteiger partial charge in [-0.05, 0) is 62.9 Å². The smallest absolute Gasteiger partial charge is 0.0642 e. The Hall–Kier alpha value is -0.730. The van der Waals surface area contributed by atoms with Gasteiger partial charge in [0.1, 0.15) is 0 Å². The molecule has 1 aromatic rings. The summed E-state index contributed by atoms with van der Waals surface area (Å²) in [6, 6.07) is 4.19. The van der Waals surface area contributed by atoms with E-state index in [-0.39, 0.29) is 0 Å². The van der Waals surface area contributed by atoms with E-state index in [9.17, 15) is 0 Å². The van der Waals surface area contributed by atoms with Crippen LogP contribution in [0.15, 0.2) is 12.1 Å². The van der Waals surface area contributed by atoms with Gasteiger partial charge in [0.05, 0.1) is 10.7 Å². The van der Waals surface area contributed by atoms with Crippen molar-refractivity contribution in [3.8, 4) is 0 Å². The summed E-state index contributed by atoms with van der Waals surface area (Å²) in [5.41, 5.74) is 3.56. The maximum absolute atomic E-state index is 6.26. The summed E-state index contributed by atoms with van der Waals surface area (Å²) in [5, 5.41) is 7.71. The van der Waals surface area contributed by atoms with Crippen LogP contribution in [0, 0.1) is 19.8 Å². The summed E-state index contributed by atoms with van der Waals surface area (Å²) in [6.45, 7) is 7.54. The number of rotatable bonds is 4. The molecule has 1 heterocycles. The largest absolute Gasteiger partial charge is 0.384 e. The molecule has 17 heavy (non-hydrogen) atoms. The second kappa shape index (κ2) is 5.74. The zero-order chi connectivity index (χ0) is 12.3. The number of benzene rings is 1. The van der Waals surface area contributed by atoms with Crippen LogP contribution < -0.4 is 10.6 Å². The third-order valence-electron chi connectivity index (χ3n) is 3.45. The first kappa shape index (κ1) is 12.7. The van der Waals surface area contributed by atoms with Crippen molar-refractivity contribution in [3.05, 3.63) is 28.3 Å². The van der Waals surface area contributed by atoms with Gasteiger partial charge in [-0.25, -0.2) is 0 Å². The minimum atomic E-state index is 0.826. The average Bonchev–Trinajstić information content (AvgIpc) is 2.74. The summed E-state index contributed by atoms with van der Waals surface area (Å²) in [4.78, 5) is 0. The molecule has 3 heteroatoms. The Balaban J connectivity index is 1.89. The molecule has 0 aliphatic carbocycles. The summed E-state index contributed by atoms with van der Waals surface area (Å²) in [6.07, 6.45) is 2.53. The van der Waals surface area contributed by atoms with Crippen LogP contribution in [0.2, 0.25) is 5.02 Å². The van der Waals surface area contributed by atoms with E-state index in [1.807, 2.05) is 6.07 Å². The fraction of sp³-hybridized carbons (Fsp3) is 0.571. The van der Waals surface area contributed by atoms with E-state index in [2.05, 4.69) is 30.5 Å². The highest BCUT2D eigenvalue weighted by molar-refractivity contribution is 6.33. The van der Waals surface area contributed by atoms with Gasteiger partial charge in [0.15, 0.2) is 0 Å². The lowest BCUT2D eigenvalue weighted by Crippen LogP contribution is -2.13. The van der Waals surface area contributed by atoms with Crippen LogP contribution in [-0.2, 0) is 0 Å². The lowest BCUT2D eigenvalue weighted by molar-refractivity contribution is 0.549. The molecule has 1 aromatic carbocycles. The number of anilines is 1. The minimum Gasteiger partial charge on any atom is -0.384 e. The van der Waals surface area contributed by atoms with E-state index in [0.717, 1.165) is 23.2 Å². The van der Waals surface area contributed by atoms with Gasteiger partial charge in [-0.15, -0.1) is 0 Å². The molecule has 1 aliphatic heterocycles. The molecule has 0 spiro atoms. The molecule has 1 fully saturated rings. The highest BCUT2D eigenvalue weighted by Crippen LogP contribution is 2.27. The minimum absolute atomic E-state index is 0.826. The van der Waals surface area contributed by atoms with Gasteiger partial charge in [0.2, 0.25) is 0 Å². The molecule has 2 N–H and O–H groups in total. The van der Waals surface area contributed by atoms with Crippen molar-refractivity contribution in [2.24, 2.45) is 5.92 Å². The molecule has 2 nitrogen and oxygen atoms in total. The zero-order valence-electron chi connectivity index (χ0n) is 10.6. The van der Waals surface area contributed by atoms with Crippen molar-refractivity contribution in [3.63, 3.8) is 0 Å². The van der Waals surface area contributed by atoms with Crippen LogP contribution in [0.25, 0.3) is 0 Å². The Morgan fingerprint density at radius 2 is 2.24 bits per heavy atom. The van der Waals surface area contributed by atoms with Crippen LogP contribution in [0.1, 0.15) is 24.0 Å². The third-order valence-corrected chi connectivity index (χ3v) is 3.75. The highest BCUT2D eigenvalue weighted by atomic mass is 35.5. The standard InChI is InChI=1S/C14H21ClN2/c1-10-7-11(2)14(13(15)8-10)17-6-4-12-3-5-16-9-12/h7-8,12,16-17H,3-6,9H2,1-2H3. The first-order chi connectivity index (χ1) is 8.16. The third kappa shape index (κ3) is 3.36. The molecule has 0 saturated carbocycles. The van der Waals surface area contributed by atoms with Gasteiger partial charge in [0, 0.05) is 6.54 Å². The number of hydrogen-bond acceptors (Lipinski definition) is 2. The van der Waals surface area contributed by atoms with E-state index in [4.69, 9.17) is 11.6 Å². The molecule has 0 aromatic heterocycles. The van der Waals surface area contributed by atoms with Crippen LogP contribution in [-0.4, -0.2) is 19.6 Å². The maximum Gasteiger partial charge on any atom is 0.0642 e. The molecule has 1 aliphatic rings. The summed E-state index contributed by atoms with van der Waals surface area (Å²) in [5.74, 6) is 0.826. The fourth-order valence-corrected chi connectivity index (χ4v) is 2.89. The van der Waals surface area contributed by atoms with Gasteiger partial charge < -0.3 is 10.6 Å². The van der Waals surface area contributed by atoms with Gasteiger partial charge in [-0.3, -0.25) is 0 Å². The Labute approximate surface area is 109 Å². The Morgan fingerprint density at radius 1 is 1.41 bits per heavy atom. The summed E-state index contributed by atoms with van der Waals surface area (Å²) in [7, 11) is 0. The van der Waals surface area contributed by atoms with Crippen LogP contribution in [0.3, 0.4) is 0 Å². The Kier molecular flexibility index (Phi) is 4.30. The van der Waals surface area contributed by atoms with Crippen molar-refractivity contribution >= 4 is 17.3 Å².